The number of pyridine rings is 1. The lowest BCUT2D eigenvalue weighted by molar-refractivity contribution is 0.420. The van der Waals surface area contributed by atoms with Gasteiger partial charge in [-0.15, -0.1) is 0 Å². The van der Waals surface area contributed by atoms with Gasteiger partial charge in [0.05, 0.1) is 19.3 Å². The maximum absolute atomic E-state index is 5.39. The smallest absolute Gasteiger partial charge is 0.134 e. The quantitative estimate of drug-likeness (QED) is 0.763. The van der Waals surface area contributed by atoms with Gasteiger partial charge in [0.1, 0.15) is 11.6 Å². The molecular formula is C15H16N4O. The molecule has 0 amide bonds. The largest absolute Gasteiger partial charge is 0.496 e. The lowest BCUT2D eigenvalue weighted by Gasteiger charge is -2.15. The van der Waals surface area contributed by atoms with Gasteiger partial charge in [0.2, 0.25) is 0 Å². The summed E-state index contributed by atoms with van der Waals surface area (Å²) < 4.78 is 5.39. The van der Waals surface area contributed by atoms with Crippen LogP contribution in [-0.4, -0.2) is 22.3 Å². The molecule has 1 aromatic carbocycles. The summed E-state index contributed by atoms with van der Waals surface area (Å²) >= 11 is 0. The fraction of sp³-hybridized carbons (Fsp3) is 0.200. The minimum atomic E-state index is 0.123. The highest BCUT2D eigenvalue weighted by atomic mass is 16.5. The Kier molecular flexibility index (Phi) is 3.25. The lowest BCUT2D eigenvalue weighted by atomic mass is 10.1. The zero-order valence-corrected chi connectivity index (χ0v) is 11.4. The van der Waals surface area contributed by atoms with Gasteiger partial charge in [-0.25, -0.2) is 4.98 Å². The van der Waals surface area contributed by atoms with Crippen molar-refractivity contribution in [3.8, 4) is 5.75 Å². The van der Waals surface area contributed by atoms with E-state index in [-0.39, 0.29) is 6.04 Å². The zero-order chi connectivity index (χ0) is 13.9. The average Bonchev–Trinajstić information content (AvgIpc) is 3.01. The van der Waals surface area contributed by atoms with Gasteiger partial charge >= 0.3 is 0 Å². The average molecular weight is 268 g/mol. The van der Waals surface area contributed by atoms with Gasteiger partial charge in [0.15, 0.2) is 0 Å². The van der Waals surface area contributed by atoms with Crippen LogP contribution in [0, 0.1) is 0 Å². The first-order valence-corrected chi connectivity index (χ1v) is 6.46. The SMILES string of the molecule is COc1cccc2c(NC(C)c3cn[nH]c3)nccc12. The Morgan fingerprint density at radius 1 is 1.25 bits per heavy atom. The van der Waals surface area contributed by atoms with Crippen LogP contribution in [0.15, 0.2) is 42.9 Å². The predicted molar refractivity (Wildman–Crippen MR) is 78.9 cm³/mol. The highest BCUT2D eigenvalue weighted by Gasteiger charge is 2.11. The first-order valence-electron chi connectivity index (χ1n) is 6.46. The number of rotatable bonds is 4. The number of nitrogens with zero attached hydrogens (tertiary/aromatic N) is 2. The van der Waals surface area contributed by atoms with Crippen LogP contribution in [0.2, 0.25) is 0 Å². The highest BCUT2D eigenvalue weighted by Crippen LogP contribution is 2.30. The van der Waals surface area contributed by atoms with Crippen LogP contribution in [0.1, 0.15) is 18.5 Å². The first-order chi connectivity index (χ1) is 9.79. The number of hydrogen-bond donors (Lipinski definition) is 2. The van der Waals surface area contributed by atoms with Gasteiger partial charge in [0, 0.05) is 28.7 Å². The molecule has 0 fully saturated rings. The normalized spacial score (nSPS) is 12.3. The number of methoxy groups -OCH3 is 1. The van der Waals surface area contributed by atoms with Crippen molar-refractivity contribution in [1.29, 1.82) is 0 Å². The molecule has 0 saturated heterocycles. The second kappa shape index (κ2) is 5.21. The van der Waals surface area contributed by atoms with Gasteiger partial charge < -0.3 is 10.1 Å². The Morgan fingerprint density at radius 2 is 2.15 bits per heavy atom. The van der Waals surface area contributed by atoms with Crippen molar-refractivity contribution >= 4 is 16.6 Å². The van der Waals surface area contributed by atoms with Crippen LogP contribution in [0.3, 0.4) is 0 Å². The standard InChI is InChI=1S/C15H16N4O/c1-10(11-8-17-18-9-11)19-15-13-4-3-5-14(20-2)12(13)6-7-16-15/h3-10H,1-2H3,(H,16,19)(H,17,18). The molecule has 5 nitrogen and oxygen atoms in total. The van der Waals surface area contributed by atoms with E-state index >= 15 is 0 Å². The van der Waals surface area contributed by atoms with E-state index in [0.29, 0.717) is 0 Å². The number of nitrogens with one attached hydrogen (secondary N) is 2. The molecule has 0 spiro atoms. The summed E-state index contributed by atoms with van der Waals surface area (Å²) in [6.45, 7) is 2.07. The van der Waals surface area contributed by atoms with Crippen molar-refractivity contribution in [1.82, 2.24) is 15.2 Å². The molecule has 0 aliphatic carbocycles. The predicted octanol–water partition coefficient (Wildman–Crippen LogP) is 3.14. The summed E-state index contributed by atoms with van der Waals surface area (Å²) in [5, 5.41) is 12.3. The van der Waals surface area contributed by atoms with E-state index in [4.69, 9.17) is 4.74 Å². The molecule has 20 heavy (non-hydrogen) atoms. The Labute approximate surface area is 117 Å². The molecule has 2 heterocycles. The molecule has 3 rings (SSSR count). The van der Waals surface area contributed by atoms with Crippen LogP contribution in [-0.2, 0) is 0 Å². The van der Waals surface area contributed by atoms with Crippen LogP contribution >= 0.6 is 0 Å². The fourth-order valence-corrected chi connectivity index (χ4v) is 2.26. The van der Waals surface area contributed by atoms with E-state index < -0.39 is 0 Å². The summed E-state index contributed by atoms with van der Waals surface area (Å²) in [5.41, 5.74) is 1.09. The number of hydrogen-bond acceptors (Lipinski definition) is 4. The van der Waals surface area contributed by atoms with Crippen LogP contribution < -0.4 is 10.1 Å². The van der Waals surface area contributed by atoms with Crippen molar-refractivity contribution < 1.29 is 4.74 Å². The number of ether oxygens (including phenoxy) is 1. The fourth-order valence-electron chi connectivity index (χ4n) is 2.26. The first kappa shape index (κ1) is 12.5. The Morgan fingerprint density at radius 3 is 2.90 bits per heavy atom. The van der Waals surface area contributed by atoms with Gasteiger partial charge in [-0.3, -0.25) is 5.10 Å². The number of benzene rings is 1. The van der Waals surface area contributed by atoms with Gasteiger partial charge in [0.25, 0.3) is 0 Å². The van der Waals surface area contributed by atoms with Crippen LogP contribution in [0.5, 0.6) is 5.75 Å². The Hall–Kier alpha value is -2.56. The van der Waals surface area contributed by atoms with Gasteiger partial charge in [-0.05, 0) is 19.1 Å². The van der Waals surface area contributed by atoms with Crippen LogP contribution in [0.25, 0.3) is 10.8 Å². The molecular weight excluding hydrogens is 252 g/mol. The molecule has 5 heteroatoms. The zero-order valence-electron chi connectivity index (χ0n) is 11.4. The third-order valence-electron chi connectivity index (χ3n) is 3.36. The summed E-state index contributed by atoms with van der Waals surface area (Å²) in [7, 11) is 1.68. The highest BCUT2D eigenvalue weighted by molar-refractivity contribution is 5.95. The number of H-pyrrole nitrogens is 1. The topological polar surface area (TPSA) is 62.8 Å². The van der Waals surface area contributed by atoms with Crippen molar-refractivity contribution in [3.05, 3.63) is 48.4 Å². The van der Waals surface area contributed by atoms with Gasteiger partial charge in [-0.1, -0.05) is 12.1 Å². The molecule has 1 unspecified atom stereocenters. The van der Waals surface area contributed by atoms with Crippen molar-refractivity contribution in [2.75, 3.05) is 12.4 Å². The molecule has 2 aromatic heterocycles. The minimum Gasteiger partial charge on any atom is -0.496 e. The molecule has 0 bridgehead atoms. The van der Waals surface area contributed by atoms with E-state index in [9.17, 15) is 0 Å². The second-order valence-corrected chi connectivity index (χ2v) is 4.61. The molecule has 0 saturated carbocycles. The second-order valence-electron chi connectivity index (χ2n) is 4.61. The minimum absolute atomic E-state index is 0.123. The van der Waals surface area contributed by atoms with E-state index in [1.807, 2.05) is 36.7 Å². The molecule has 1 atom stereocenters. The molecule has 102 valence electrons. The lowest BCUT2D eigenvalue weighted by Crippen LogP contribution is -2.07. The molecule has 0 aliphatic rings. The molecule has 0 aliphatic heterocycles. The van der Waals surface area contributed by atoms with Gasteiger partial charge in [-0.2, -0.15) is 5.10 Å². The summed E-state index contributed by atoms with van der Waals surface area (Å²) in [4.78, 5) is 4.43. The number of aromatic amines is 1. The summed E-state index contributed by atoms with van der Waals surface area (Å²) in [6, 6.07) is 8.04. The van der Waals surface area contributed by atoms with Crippen LogP contribution in [0.4, 0.5) is 5.82 Å². The Balaban J connectivity index is 2.00. The summed E-state index contributed by atoms with van der Waals surface area (Å²) in [5.74, 6) is 1.69. The van der Waals surface area contributed by atoms with E-state index in [1.165, 1.54) is 0 Å². The molecule has 2 N–H and O–H groups in total. The molecule has 3 aromatic rings. The molecule has 0 radical (unpaired) electrons. The monoisotopic (exact) mass is 268 g/mol. The third kappa shape index (κ3) is 2.18. The van der Waals surface area contributed by atoms with Crippen molar-refractivity contribution in [3.63, 3.8) is 0 Å². The number of aromatic nitrogens is 3. The van der Waals surface area contributed by atoms with E-state index in [2.05, 4.69) is 27.4 Å². The number of anilines is 1. The van der Waals surface area contributed by atoms with E-state index in [1.54, 1.807) is 13.3 Å². The maximum atomic E-state index is 5.39. The summed E-state index contributed by atoms with van der Waals surface area (Å²) in [6.07, 6.45) is 5.47. The number of fused-ring (bicyclic) bond motifs is 1. The van der Waals surface area contributed by atoms with Crippen molar-refractivity contribution in [2.45, 2.75) is 13.0 Å². The third-order valence-corrected chi connectivity index (χ3v) is 3.36. The Bertz CT molecular complexity index is 709. The van der Waals surface area contributed by atoms with E-state index in [0.717, 1.165) is 27.9 Å². The maximum Gasteiger partial charge on any atom is 0.134 e. The van der Waals surface area contributed by atoms with Crippen molar-refractivity contribution in [2.24, 2.45) is 0 Å².